The van der Waals surface area contributed by atoms with Crippen molar-refractivity contribution in [2.45, 2.75) is 24.3 Å². The Morgan fingerprint density at radius 2 is 1.81 bits per heavy atom. The van der Waals surface area contributed by atoms with Gasteiger partial charge in [0.05, 0.1) is 6.54 Å². The number of hydrogen-bond acceptors (Lipinski definition) is 5. The molecule has 0 fully saturated rings. The fourth-order valence-electron chi connectivity index (χ4n) is 2.36. The molecule has 1 aromatic carbocycles. The SMILES string of the molecule is CC(C(N)=O)(C(O)Cn1ccc(C#Cc2ccccc2)cc1=O)S(C)(=O)=O. The van der Waals surface area contributed by atoms with Gasteiger partial charge in [0.25, 0.3) is 5.56 Å². The number of nitrogens with zero attached hydrogens (tertiary/aromatic N) is 1. The van der Waals surface area contributed by atoms with Crippen molar-refractivity contribution >= 4 is 15.7 Å². The Hall–Kier alpha value is -2.89. The first-order chi connectivity index (χ1) is 12.6. The Morgan fingerprint density at radius 3 is 2.33 bits per heavy atom. The number of carbonyl (C=O) groups is 1. The van der Waals surface area contributed by atoms with Crippen LogP contribution in [-0.4, -0.2) is 41.1 Å². The van der Waals surface area contributed by atoms with Gasteiger partial charge in [0.2, 0.25) is 5.91 Å². The summed E-state index contributed by atoms with van der Waals surface area (Å²) in [5, 5.41) is 10.3. The number of carbonyl (C=O) groups excluding carboxylic acids is 1. The first-order valence-electron chi connectivity index (χ1n) is 8.01. The molecule has 1 amide bonds. The summed E-state index contributed by atoms with van der Waals surface area (Å²) in [6.07, 6.45) is 0.500. The molecule has 8 heteroatoms. The standard InChI is InChI=1S/C19H20N2O5S/c1-19(18(20)24,27(2,25)26)16(22)13-21-11-10-15(12-17(21)23)9-8-14-6-4-3-5-7-14/h3-7,10-12,16,22H,13H2,1-2H3,(H2,20,24). The molecule has 0 radical (unpaired) electrons. The Kier molecular flexibility index (Phi) is 5.88. The van der Waals surface area contributed by atoms with E-state index in [0.717, 1.165) is 23.3 Å². The molecule has 1 aromatic heterocycles. The van der Waals surface area contributed by atoms with E-state index in [-0.39, 0.29) is 0 Å². The van der Waals surface area contributed by atoms with Gasteiger partial charge in [-0.25, -0.2) is 8.42 Å². The molecular formula is C19H20N2O5S. The van der Waals surface area contributed by atoms with E-state index >= 15 is 0 Å². The lowest BCUT2D eigenvalue weighted by molar-refractivity contribution is -0.123. The smallest absolute Gasteiger partial charge is 0.251 e. The quantitative estimate of drug-likeness (QED) is 0.693. The van der Waals surface area contributed by atoms with Crippen LogP contribution in [0.4, 0.5) is 0 Å². The maximum Gasteiger partial charge on any atom is 0.251 e. The third kappa shape index (κ3) is 4.45. The highest BCUT2D eigenvalue weighted by molar-refractivity contribution is 7.92. The van der Waals surface area contributed by atoms with Crippen molar-refractivity contribution in [3.8, 4) is 11.8 Å². The highest BCUT2D eigenvalue weighted by Gasteiger charge is 2.48. The Labute approximate surface area is 157 Å². The zero-order chi connectivity index (χ0) is 20.2. The van der Waals surface area contributed by atoms with Crippen molar-refractivity contribution < 1.29 is 18.3 Å². The van der Waals surface area contributed by atoms with Gasteiger partial charge in [-0.15, -0.1) is 0 Å². The monoisotopic (exact) mass is 388 g/mol. The van der Waals surface area contributed by atoms with E-state index in [4.69, 9.17) is 5.73 Å². The van der Waals surface area contributed by atoms with E-state index in [1.54, 1.807) is 6.07 Å². The molecule has 3 N–H and O–H groups in total. The molecule has 0 bridgehead atoms. The summed E-state index contributed by atoms with van der Waals surface area (Å²) in [5.41, 5.74) is 5.96. The number of aliphatic hydroxyl groups is 1. The molecule has 142 valence electrons. The molecule has 0 aliphatic carbocycles. The van der Waals surface area contributed by atoms with E-state index in [2.05, 4.69) is 11.8 Å². The van der Waals surface area contributed by atoms with Crippen LogP contribution in [-0.2, 0) is 21.2 Å². The first kappa shape index (κ1) is 20.4. The summed E-state index contributed by atoms with van der Waals surface area (Å²) in [7, 11) is -4.01. The predicted octanol–water partition coefficient (Wildman–Crippen LogP) is -0.102. The van der Waals surface area contributed by atoms with Crippen LogP contribution < -0.4 is 11.3 Å². The molecule has 2 unspecified atom stereocenters. The average molecular weight is 388 g/mol. The molecule has 0 spiro atoms. The molecule has 0 saturated carbocycles. The van der Waals surface area contributed by atoms with Gasteiger partial charge in [0, 0.05) is 29.6 Å². The molecule has 0 aliphatic rings. The molecule has 2 rings (SSSR count). The molecule has 1 heterocycles. The average Bonchev–Trinajstić information content (AvgIpc) is 2.60. The van der Waals surface area contributed by atoms with E-state index in [1.165, 1.54) is 12.3 Å². The Balaban J connectivity index is 2.28. The van der Waals surface area contributed by atoms with E-state index < -0.39 is 38.7 Å². The topological polar surface area (TPSA) is 119 Å². The summed E-state index contributed by atoms with van der Waals surface area (Å²) in [4.78, 5) is 23.9. The van der Waals surface area contributed by atoms with Gasteiger partial charge in [-0.3, -0.25) is 9.59 Å². The number of pyridine rings is 1. The highest BCUT2D eigenvalue weighted by atomic mass is 32.2. The van der Waals surface area contributed by atoms with Crippen LogP contribution >= 0.6 is 0 Å². The normalized spacial score (nSPS) is 14.5. The van der Waals surface area contributed by atoms with E-state index in [0.29, 0.717) is 5.56 Å². The minimum Gasteiger partial charge on any atom is -0.389 e. The second-order valence-electron chi connectivity index (χ2n) is 6.28. The van der Waals surface area contributed by atoms with Gasteiger partial charge in [-0.2, -0.15) is 0 Å². The number of amides is 1. The van der Waals surface area contributed by atoms with Gasteiger partial charge in [0.15, 0.2) is 14.6 Å². The molecular weight excluding hydrogens is 368 g/mol. The fraction of sp³-hybridized carbons (Fsp3) is 0.263. The van der Waals surface area contributed by atoms with Crippen molar-refractivity contribution in [1.29, 1.82) is 0 Å². The molecule has 0 saturated heterocycles. The van der Waals surface area contributed by atoms with Crippen molar-refractivity contribution in [2.75, 3.05) is 6.26 Å². The summed E-state index contributed by atoms with van der Waals surface area (Å²) in [6, 6.07) is 12.1. The lowest BCUT2D eigenvalue weighted by atomic mass is 10.0. The van der Waals surface area contributed by atoms with Crippen molar-refractivity contribution in [1.82, 2.24) is 4.57 Å². The Morgan fingerprint density at radius 1 is 1.22 bits per heavy atom. The number of aliphatic hydroxyl groups excluding tert-OH is 1. The molecule has 7 nitrogen and oxygen atoms in total. The van der Waals surface area contributed by atoms with E-state index in [1.807, 2.05) is 30.3 Å². The number of rotatable bonds is 5. The second-order valence-corrected chi connectivity index (χ2v) is 8.67. The van der Waals surface area contributed by atoms with Crippen molar-refractivity contribution in [2.24, 2.45) is 5.73 Å². The number of sulfone groups is 1. The van der Waals surface area contributed by atoms with Crippen molar-refractivity contribution in [3.05, 3.63) is 70.1 Å². The van der Waals surface area contributed by atoms with Crippen LogP contribution in [0.15, 0.2) is 53.5 Å². The van der Waals surface area contributed by atoms with Gasteiger partial charge in [-0.1, -0.05) is 30.0 Å². The van der Waals surface area contributed by atoms with Crippen LogP contribution in [0.25, 0.3) is 0 Å². The summed E-state index contributed by atoms with van der Waals surface area (Å²) >= 11 is 0. The van der Waals surface area contributed by atoms with Gasteiger partial charge in [0.1, 0.15) is 6.10 Å². The number of primary amides is 1. The van der Waals surface area contributed by atoms with Crippen LogP contribution in [0, 0.1) is 11.8 Å². The summed E-state index contributed by atoms with van der Waals surface area (Å²) in [5.74, 6) is 4.59. The van der Waals surface area contributed by atoms with Gasteiger partial charge >= 0.3 is 0 Å². The summed E-state index contributed by atoms with van der Waals surface area (Å²) < 4.78 is 22.7. The second kappa shape index (κ2) is 7.78. The van der Waals surface area contributed by atoms with Crippen LogP contribution in [0.5, 0.6) is 0 Å². The largest absolute Gasteiger partial charge is 0.389 e. The number of hydrogen-bond donors (Lipinski definition) is 2. The van der Waals surface area contributed by atoms with E-state index in [9.17, 15) is 23.1 Å². The number of benzene rings is 1. The number of aromatic nitrogens is 1. The predicted molar refractivity (Wildman–Crippen MR) is 102 cm³/mol. The van der Waals surface area contributed by atoms with Crippen molar-refractivity contribution in [3.63, 3.8) is 0 Å². The maximum absolute atomic E-state index is 12.3. The van der Waals surface area contributed by atoms with Gasteiger partial charge in [-0.05, 0) is 25.1 Å². The fourth-order valence-corrected chi connectivity index (χ4v) is 3.29. The molecule has 27 heavy (non-hydrogen) atoms. The first-order valence-corrected chi connectivity index (χ1v) is 9.90. The van der Waals surface area contributed by atoms with Crippen LogP contribution in [0.3, 0.4) is 0 Å². The van der Waals surface area contributed by atoms with Gasteiger partial charge < -0.3 is 15.4 Å². The third-order valence-electron chi connectivity index (χ3n) is 4.39. The van der Waals surface area contributed by atoms with Crippen LogP contribution in [0.2, 0.25) is 0 Å². The Bertz CT molecular complexity index is 1060. The maximum atomic E-state index is 12.3. The zero-order valence-electron chi connectivity index (χ0n) is 14.9. The third-order valence-corrected chi connectivity index (χ3v) is 6.40. The molecule has 2 atom stereocenters. The highest BCUT2D eigenvalue weighted by Crippen LogP contribution is 2.21. The van der Waals surface area contributed by atoms with Crippen LogP contribution in [0.1, 0.15) is 18.1 Å². The minimum absolute atomic E-state index is 0.405. The number of nitrogens with two attached hydrogens (primary N) is 1. The summed E-state index contributed by atoms with van der Waals surface area (Å²) in [6.45, 7) is 0.637. The molecule has 0 aliphatic heterocycles. The zero-order valence-corrected chi connectivity index (χ0v) is 15.7. The lowest BCUT2D eigenvalue weighted by Crippen LogP contribution is -2.57. The lowest BCUT2D eigenvalue weighted by Gasteiger charge is -2.29. The molecule has 2 aromatic rings. The minimum atomic E-state index is -4.01.